The van der Waals surface area contributed by atoms with Crippen molar-refractivity contribution in [2.45, 2.75) is 13.2 Å². The zero-order valence-corrected chi connectivity index (χ0v) is 24.7. The number of nitriles is 1. The zero-order valence-electron chi connectivity index (χ0n) is 20.9. The van der Waals surface area contributed by atoms with E-state index in [4.69, 9.17) is 14.6 Å². The van der Waals surface area contributed by atoms with E-state index in [2.05, 4.69) is 43.8 Å². The van der Waals surface area contributed by atoms with Crippen LogP contribution in [0, 0.1) is 14.9 Å². The number of amides is 1. The van der Waals surface area contributed by atoms with E-state index in [1.54, 1.807) is 48.5 Å². The predicted octanol–water partition coefficient (Wildman–Crippen LogP) is 7.46. The summed E-state index contributed by atoms with van der Waals surface area (Å²) in [6.07, 6.45) is 1.51. The molecule has 200 valence electrons. The molecule has 4 aromatic carbocycles. The van der Waals surface area contributed by atoms with Crippen LogP contribution in [-0.2, 0) is 18.0 Å². The molecule has 0 aliphatic rings. The smallest absolute Gasteiger partial charge is 0.335 e. The first-order valence-electron chi connectivity index (χ1n) is 12.0. The van der Waals surface area contributed by atoms with Crippen LogP contribution in [0.15, 0.2) is 101 Å². The van der Waals surface area contributed by atoms with Gasteiger partial charge in [-0.05, 0) is 110 Å². The van der Waals surface area contributed by atoms with Gasteiger partial charge < -0.3 is 19.9 Å². The maximum absolute atomic E-state index is 12.8. The molecule has 0 saturated heterocycles. The normalized spacial score (nSPS) is 10.9. The Morgan fingerprint density at radius 2 is 1.57 bits per heavy atom. The van der Waals surface area contributed by atoms with E-state index < -0.39 is 11.9 Å². The number of carbonyl (C=O) groups is 2. The third-order valence-corrected chi connectivity index (χ3v) is 7.03. The molecular formula is C31H22BrIN2O5. The van der Waals surface area contributed by atoms with Gasteiger partial charge >= 0.3 is 5.97 Å². The average molecular weight is 709 g/mol. The highest BCUT2D eigenvalue weighted by Crippen LogP contribution is 2.33. The second kappa shape index (κ2) is 13.8. The molecule has 0 aliphatic heterocycles. The lowest BCUT2D eigenvalue weighted by Crippen LogP contribution is -2.13. The summed E-state index contributed by atoms with van der Waals surface area (Å²) >= 11 is 5.63. The number of carboxylic acid groups (broad SMARTS) is 1. The quantitative estimate of drug-likeness (QED) is 0.101. The van der Waals surface area contributed by atoms with Gasteiger partial charge in [0.15, 0.2) is 0 Å². The van der Waals surface area contributed by atoms with Crippen LogP contribution < -0.4 is 14.8 Å². The minimum absolute atomic E-state index is 0.0562. The highest BCUT2D eigenvalue weighted by molar-refractivity contribution is 14.1. The summed E-state index contributed by atoms with van der Waals surface area (Å²) in [6, 6.07) is 28.7. The van der Waals surface area contributed by atoms with E-state index in [1.165, 1.54) is 18.2 Å². The number of benzene rings is 4. The third-order valence-electron chi connectivity index (χ3n) is 5.64. The first-order chi connectivity index (χ1) is 19.3. The summed E-state index contributed by atoms with van der Waals surface area (Å²) in [5.41, 5.74) is 3.20. The SMILES string of the molecule is N#C/C(=C\c1cc(Br)c(OCc2ccc(C(=O)O)cc2)c(I)c1)C(=O)Nc1ccc(OCc2ccccc2)cc1. The minimum atomic E-state index is -0.985. The van der Waals surface area contributed by atoms with Gasteiger partial charge in [-0.2, -0.15) is 5.26 Å². The zero-order chi connectivity index (χ0) is 28.5. The third kappa shape index (κ3) is 7.94. The van der Waals surface area contributed by atoms with Crippen molar-refractivity contribution in [3.05, 3.63) is 127 Å². The molecule has 2 N–H and O–H groups in total. The monoisotopic (exact) mass is 708 g/mol. The van der Waals surface area contributed by atoms with Crippen LogP contribution in [-0.4, -0.2) is 17.0 Å². The van der Waals surface area contributed by atoms with Gasteiger partial charge in [0.25, 0.3) is 5.91 Å². The first-order valence-corrected chi connectivity index (χ1v) is 13.8. The van der Waals surface area contributed by atoms with Crippen molar-refractivity contribution >= 4 is 62.2 Å². The fourth-order valence-electron chi connectivity index (χ4n) is 3.59. The molecule has 0 atom stereocenters. The number of ether oxygens (including phenoxy) is 2. The van der Waals surface area contributed by atoms with Crippen LogP contribution in [0.3, 0.4) is 0 Å². The number of hydrogen-bond acceptors (Lipinski definition) is 5. The summed E-state index contributed by atoms with van der Waals surface area (Å²) in [6.45, 7) is 0.678. The average Bonchev–Trinajstić information content (AvgIpc) is 2.96. The molecule has 0 aromatic heterocycles. The number of anilines is 1. The van der Waals surface area contributed by atoms with Crippen LogP contribution >= 0.6 is 38.5 Å². The number of aromatic carboxylic acids is 1. The standard InChI is InChI=1S/C31H22BrIN2O5/c32-27-15-22(16-28(33)29(27)40-19-21-6-8-23(9-7-21)31(37)38)14-24(17-34)30(36)35-25-10-12-26(13-11-25)39-18-20-4-2-1-3-5-20/h1-16H,18-19H2,(H,35,36)(H,37,38)/b24-14+. The molecule has 0 saturated carbocycles. The molecule has 0 heterocycles. The van der Waals surface area contributed by atoms with Gasteiger partial charge in [0.1, 0.15) is 36.4 Å². The van der Waals surface area contributed by atoms with E-state index in [0.717, 1.165) is 14.7 Å². The van der Waals surface area contributed by atoms with E-state index in [0.29, 0.717) is 33.8 Å². The summed E-state index contributed by atoms with van der Waals surface area (Å²) in [4.78, 5) is 23.8. The summed E-state index contributed by atoms with van der Waals surface area (Å²) in [5, 5.41) is 21.4. The van der Waals surface area contributed by atoms with Crippen molar-refractivity contribution in [2.75, 3.05) is 5.32 Å². The van der Waals surface area contributed by atoms with E-state index >= 15 is 0 Å². The van der Waals surface area contributed by atoms with E-state index in [-0.39, 0.29) is 17.7 Å². The molecule has 0 spiro atoms. The van der Waals surface area contributed by atoms with Crippen LogP contribution in [0.2, 0.25) is 0 Å². The number of rotatable bonds is 10. The molecule has 0 bridgehead atoms. The lowest BCUT2D eigenvalue weighted by Gasteiger charge is -2.12. The van der Waals surface area contributed by atoms with Crippen LogP contribution in [0.4, 0.5) is 5.69 Å². The molecule has 0 fully saturated rings. The number of nitrogens with zero attached hydrogens (tertiary/aromatic N) is 1. The highest BCUT2D eigenvalue weighted by Gasteiger charge is 2.13. The number of nitrogens with one attached hydrogen (secondary N) is 1. The highest BCUT2D eigenvalue weighted by atomic mass is 127. The number of halogens is 2. The Morgan fingerprint density at radius 3 is 2.20 bits per heavy atom. The number of hydrogen-bond donors (Lipinski definition) is 2. The van der Waals surface area contributed by atoms with Crippen molar-refractivity contribution in [1.82, 2.24) is 0 Å². The van der Waals surface area contributed by atoms with Crippen molar-refractivity contribution in [2.24, 2.45) is 0 Å². The fourth-order valence-corrected chi connectivity index (χ4v) is 5.36. The number of carbonyl (C=O) groups excluding carboxylic acids is 1. The van der Waals surface area contributed by atoms with Gasteiger partial charge in [0, 0.05) is 5.69 Å². The minimum Gasteiger partial charge on any atom is -0.489 e. The van der Waals surface area contributed by atoms with Gasteiger partial charge in [0.05, 0.1) is 13.6 Å². The summed E-state index contributed by atoms with van der Waals surface area (Å²) in [5.74, 6) is -0.257. The van der Waals surface area contributed by atoms with Crippen molar-refractivity contribution in [3.8, 4) is 17.6 Å². The Bertz CT molecular complexity index is 1560. The lowest BCUT2D eigenvalue weighted by molar-refractivity contribution is -0.112. The van der Waals surface area contributed by atoms with Crippen LogP contribution in [0.25, 0.3) is 6.08 Å². The number of carboxylic acids is 1. The summed E-state index contributed by atoms with van der Waals surface area (Å²) < 4.78 is 13.1. The van der Waals surface area contributed by atoms with Crippen molar-refractivity contribution < 1.29 is 24.2 Å². The predicted molar refractivity (Wildman–Crippen MR) is 164 cm³/mol. The van der Waals surface area contributed by atoms with Crippen LogP contribution in [0.1, 0.15) is 27.0 Å². The van der Waals surface area contributed by atoms with Gasteiger partial charge in [-0.15, -0.1) is 0 Å². The molecule has 40 heavy (non-hydrogen) atoms. The van der Waals surface area contributed by atoms with Gasteiger partial charge in [-0.1, -0.05) is 42.5 Å². The van der Waals surface area contributed by atoms with Crippen molar-refractivity contribution in [1.29, 1.82) is 5.26 Å². The maximum atomic E-state index is 12.8. The van der Waals surface area contributed by atoms with Crippen LogP contribution in [0.5, 0.6) is 11.5 Å². The molecule has 4 rings (SSSR count). The van der Waals surface area contributed by atoms with E-state index in [9.17, 15) is 14.9 Å². The molecule has 0 radical (unpaired) electrons. The summed E-state index contributed by atoms with van der Waals surface area (Å²) in [7, 11) is 0. The molecular weight excluding hydrogens is 687 g/mol. The van der Waals surface area contributed by atoms with Gasteiger partial charge in [0.2, 0.25) is 0 Å². The molecule has 0 aliphatic carbocycles. The Labute approximate surface area is 253 Å². The van der Waals surface area contributed by atoms with Gasteiger partial charge in [-0.3, -0.25) is 4.79 Å². The Morgan fingerprint density at radius 1 is 0.925 bits per heavy atom. The Hall–Kier alpha value is -4.14. The fraction of sp³-hybridized carbons (Fsp3) is 0.0645. The Balaban J connectivity index is 1.38. The molecule has 9 heteroatoms. The molecule has 1 amide bonds. The molecule has 4 aromatic rings. The molecule has 7 nitrogen and oxygen atoms in total. The van der Waals surface area contributed by atoms with E-state index in [1.807, 2.05) is 36.4 Å². The first kappa shape index (κ1) is 28.9. The lowest BCUT2D eigenvalue weighted by atomic mass is 10.1. The van der Waals surface area contributed by atoms with Gasteiger partial charge in [-0.25, -0.2) is 4.79 Å². The second-order valence-corrected chi connectivity index (χ2v) is 10.5. The largest absolute Gasteiger partial charge is 0.489 e. The molecule has 0 unspecified atom stereocenters. The Kier molecular flexibility index (Phi) is 9.94. The topological polar surface area (TPSA) is 109 Å². The second-order valence-electron chi connectivity index (χ2n) is 8.53. The van der Waals surface area contributed by atoms with Crippen molar-refractivity contribution in [3.63, 3.8) is 0 Å². The maximum Gasteiger partial charge on any atom is 0.335 e.